The van der Waals surface area contributed by atoms with E-state index >= 15 is 0 Å². The molecule has 7 heteroatoms. The number of nitrogens with one attached hydrogen (secondary N) is 2. The molecule has 0 saturated carbocycles. The van der Waals surface area contributed by atoms with Crippen molar-refractivity contribution in [3.63, 3.8) is 0 Å². The van der Waals surface area contributed by atoms with E-state index in [2.05, 4.69) is 21.0 Å². The second kappa shape index (κ2) is 8.19. The van der Waals surface area contributed by atoms with Gasteiger partial charge < -0.3 is 10.2 Å². The highest BCUT2D eigenvalue weighted by Gasteiger charge is 2.26. The van der Waals surface area contributed by atoms with E-state index in [0.29, 0.717) is 6.54 Å². The van der Waals surface area contributed by atoms with Gasteiger partial charge in [-0.25, -0.2) is 17.9 Å². The molecule has 1 unspecified atom stereocenters. The maximum absolute atomic E-state index is 12.5. The number of carbonyl (C=O) groups is 1. The summed E-state index contributed by atoms with van der Waals surface area (Å²) >= 11 is 0. The quantitative estimate of drug-likeness (QED) is 0.747. The number of nitrogens with zero attached hydrogens (tertiary/aromatic N) is 1. The maximum atomic E-state index is 12.5. The van der Waals surface area contributed by atoms with Gasteiger partial charge in [-0.3, -0.25) is 0 Å². The number of benzene rings is 1. The van der Waals surface area contributed by atoms with Crippen LogP contribution in [-0.4, -0.2) is 45.2 Å². The predicted octanol–water partition coefficient (Wildman–Crippen LogP) is 2.70. The monoisotopic (exact) mass is 393 g/mol. The van der Waals surface area contributed by atoms with Crippen LogP contribution in [-0.2, 0) is 35.7 Å². The molecule has 0 aromatic heterocycles. The number of sulfonamides is 1. The van der Waals surface area contributed by atoms with Crippen LogP contribution in [0.1, 0.15) is 48.9 Å². The fourth-order valence-corrected chi connectivity index (χ4v) is 5.65. The molecule has 2 aliphatic carbocycles. The fourth-order valence-electron chi connectivity index (χ4n) is 4.38. The van der Waals surface area contributed by atoms with E-state index < -0.39 is 16.1 Å². The third-order valence-corrected chi connectivity index (χ3v) is 7.13. The third-order valence-electron chi connectivity index (χ3n) is 5.63. The van der Waals surface area contributed by atoms with Gasteiger partial charge >= 0.3 is 6.03 Å². The van der Waals surface area contributed by atoms with Crippen LogP contribution in [0.5, 0.6) is 0 Å². The summed E-state index contributed by atoms with van der Waals surface area (Å²) in [4.78, 5) is 14.5. The number of hydrogen-bond donors (Lipinski definition) is 2. The number of aryl methyl sites for hydroxylation is 2. The van der Waals surface area contributed by atoms with E-state index in [1.165, 1.54) is 22.3 Å². The van der Waals surface area contributed by atoms with Gasteiger partial charge in [-0.15, -0.1) is 0 Å². The van der Waals surface area contributed by atoms with Gasteiger partial charge in [0.25, 0.3) is 0 Å². The Kier molecular flexibility index (Phi) is 6.11. The van der Waals surface area contributed by atoms with E-state index in [1.807, 2.05) is 20.9 Å². The Morgan fingerprint density at radius 1 is 1.15 bits per heavy atom. The summed E-state index contributed by atoms with van der Waals surface area (Å²) in [6.07, 6.45) is 6.17. The molecule has 0 aliphatic heterocycles. The largest absolute Gasteiger partial charge is 0.332 e. The van der Waals surface area contributed by atoms with Gasteiger partial charge in [0, 0.05) is 12.2 Å². The molecular weight excluding hydrogens is 362 g/mol. The van der Waals surface area contributed by atoms with Crippen molar-refractivity contribution in [1.29, 1.82) is 0 Å². The zero-order chi connectivity index (χ0) is 19.6. The molecule has 0 bridgehead atoms. The molecule has 150 valence electrons. The topological polar surface area (TPSA) is 78.5 Å². The highest BCUT2D eigenvalue weighted by atomic mass is 32.2. The third kappa shape index (κ3) is 4.82. The molecule has 2 amide bonds. The van der Waals surface area contributed by atoms with Crippen LogP contribution in [0.2, 0.25) is 0 Å². The van der Waals surface area contributed by atoms with Gasteiger partial charge in [0.15, 0.2) is 0 Å². The minimum atomic E-state index is -3.67. The Labute approximate surface area is 162 Å². The molecule has 0 spiro atoms. The normalized spacial score (nSPS) is 16.9. The standard InChI is InChI=1S/C20H31N3O3S/c1-4-23(3)12-14(2)13-27(25,26)22-20(24)21-19-17-9-5-7-15(17)11-16-8-6-10-18(16)19/h11,14H,4-10,12-13H2,1-3H3,(H2,21,22,24). The molecule has 3 rings (SSSR count). The van der Waals surface area contributed by atoms with E-state index in [0.717, 1.165) is 50.8 Å². The average Bonchev–Trinajstić information content (AvgIpc) is 3.21. The maximum Gasteiger partial charge on any atom is 0.332 e. The summed E-state index contributed by atoms with van der Waals surface area (Å²) in [5.41, 5.74) is 5.88. The lowest BCUT2D eigenvalue weighted by atomic mass is 9.99. The molecule has 27 heavy (non-hydrogen) atoms. The van der Waals surface area contributed by atoms with Crippen molar-refractivity contribution in [1.82, 2.24) is 9.62 Å². The zero-order valence-corrected chi connectivity index (χ0v) is 17.4. The Morgan fingerprint density at radius 3 is 2.30 bits per heavy atom. The molecule has 2 N–H and O–H groups in total. The van der Waals surface area contributed by atoms with Crippen LogP contribution in [0.15, 0.2) is 6.07 Å². The Hall–Kier alpha value is -1.60. The molecule has 0 radical (unpaired) electrons. The lowest BCUT2D eigenvalue weighted by Gasteiger charge is -2.20. The van der Waals surface area contributed by atoms with E-state index in [1.54, 1.807) is 0 Å². The van der Waals surface area contributed by atoms with Crippen molar-refractivity contribution < 1.29 is 13.2 Å². The molecule has 1 aromatic carbocycles. The van der Waals surface area contributed by atoms with E-state index in [-0.39, 0.29) is 11.7 Å². The van der Waals surface area contributed by atoms with Gasteiger partial charge in [-0.2, -0.15) is 0 Å². The summed E-state index contributed by atoms with van der Waals surface area (Å²) in [6, 6.07) is 1.65. The first kappa shape index (κ1) is 20.1. The van der Waals surface area contributed by atoms with Crippen molar-refractivity contribution in [2.45, 2.75) is 52.4 Å². The van der Waals surface area contributed by atoms with Crippen molar-refractivity contribution >= 4 is 21.7 Å². The second-order valence-electron chi connectivity index (χ2n) is 8.03. The summed E-state index contributed by atoms with van der Waals surface area (Å²) in [5.74, 6) is -0.110. The SMILES string of the molecule is CCN(C)CC(C)CS(=O)(=O)NC(=O)Nc1c2c(cc3c1CCC3)CCC2. The van der Waals surface area contributed by atoms with E-state index in [9.17, 15) is 13.2 Å². The predicted molar refractivity (Wildman–Crippen MR) is 109 cm³/mol. The Bertz CT molecular complexity index is 788. The molecule has 0 heterocycles. The summed E-state index contributed by atoms with van der Waals surface area (Å²) < 4.78 is 27.0. The Morgan fingerprint density at radius 2 is 1.74 bits per heavy atom. The first-order chi connectivity index (χ1) is 12.8. The molecule has 0 fully saturated rings. The number of fused-ring (bicyclic) bond motifs is 2. The van der Waals surface area contributed by atoms with Crippen LogP contribution < -0.4 is 10.0 Å². The highest BCUT2D eigenvalue weighted by molar-refractivity contribution is 7.90. The first-order valence-corrected chi connectivity index (χ1v) is 11.6. The number of anilines is 1. The van der Waals surface area contributed by atoms with Crippen LogP contribution >= 0.6 is 0 Å². The molecule has 1 aromatic rings. The van der Waals surface area contributed by atoms with E-state index in [4.69, 9.17) is 0 Å². The minimum absolute atomic E-state index is 0.0505. The van der Waals surface area contributed by atoms with Gasteiger partial charge in [-0.05, 0) is 80.3 Å². The molecule has 0 saturated heterocycles. The van der Waals surface area contributed by atoms with Gasteiger partial charge in [-0.1, -0.05) is 19.9 Å². The minimum Gasteiger partial charge on any atom is -0.307 e. The molecular formula is C20H31N3O3S. The summed E-state index contributed by atoms with van der Waals surface area (Å²) in [5, 5.41) is 2.88. The highest BCUT2D eigenvalue weighted by Crippen LogP contribution is 2.38. The number of hydrogen-bond acceptors (Lipinski definition) is 4. The lowest BCUT2D eigenvalue weighted by molar-refractivity contribution is 0.256. The van der Waals surface area contributed by atoms with Crippen LogP contribution in [0.4, 0.5) is 10.5 Å². The summed E-state index contributed by atoms with van der Waals surface area (Å²) in [6.45, 7) is 5.46. The summed E-state index contributed by atoms with van der Waals surface area (Å²) in [7, 11) is -1.71. The fraction of sp³-hybridized carbons (Fsp3) is 0.650. The Balaban J connectivity index is 1.68. The van der Waals surface area contributed by atoms with Crippen molar-refractivity contribution in [3.8, 4) is 0 Å². The van der Waals surface area contributed by atoms with Crippen molar-refractivity contribution in [2.75, 3.05) is 31.2 Å². The molecule has 6 nitrogen and oxygen atoms in total. The smallest absolute Gasteiger partial charge is 0.307 e. The van der Waals surface area contributed by atoms with Crippen molar-refractivity contribution in [3.05, 3.63) is 28.3 Å². The van der Waals surface area contributed by atoms with Gasteiger partial charge in [0.05, 0.1) is 5.75 Å². The zero-order valence-electron chi connectivity index (χ0n) is 16.6. The number of rotatable bonds is 7. The lowest BCUT2D eigenvalue weighted by Crippen LogP contribution is -2.39. The first-order valence-electron chi connectivity index (χ1n) is 9.95. The van der Waals surface area contributed by atoms with Crippen LogP contribution in [0.25, 0.3) is 0 Å². The van der Waals surface area contributed by atoms with Gasteiger partial charge in [0.2, 0.25) is 10.0 Å². The number of urea groups is 1. The van der Waals surface area contributed by atoms with Crippen LogP contribution in [0, 0.1) is 5.92 Å². The number of carbonyl (C=O) groups excluding carboxylic acids is 1. The second-order valence-corrected chi connectivity index (χ2v) is 9.80. The van der Waals surface area contributed by atoms with Gasteiger partial charge in [0.1, 0.15) is 0 Å². The molecule has 1 atom stereocenters. The number of amides is 2. The van der Waals surface area contributed by atoms with Crippen molar-refractivity contribution in [2.24, 2.45) is 5.92 Å². The average molecular weight is 394 g/mol. The molecule has 2 aliphatic rings. The van der Waals surface area contributed by atoms with Crippen LogP contribution in [0.3, 0.4) is 0 Å².